The van der Waals surface area contributed by atoms with Crippen LogP contribution < -0.4 is 19.1 Å². The van der Waals surface area contributed by atoms with Gasteiger partial charge in [0.25, 0.3) is 5.91 Å². The number of rotatable bonds is 5. The number of carbonyl (C=O) groups excluding carboxylic acids is 1. The smallest absolute Gasteiger partial charge is 0.274 e. The lowest BCUT2D eigenvalue weighted by molar-refractivity contribution is 0.0989. The van der Waals surface area contributed by atoms with E-state index in [0.717, 1.165) is 11.0 Å². The number of methoxy groups -OCH3 is 3. The maximum absolute atomic E-state index is 12.8. The van der Waals surface area contributed by atoms with E-state index in [1.807, 2.05) is 12.1 Å². The Kier molecular flexibility index (Phi) is 4.47. The van der Waals surface area contributed by atoms with E-state index < -0.39 is 0 Å². The highest BCUT2D eigenvalue weighted by Crippen LogP contribution is 2.41. The third kappa shape index (κ3) is 2.96. The predicted molar refractivity (Wildman–Crippen MR) is 94.9 cm³/mol. The highest BCUT2D eigenvalue weighted by atomic mass is 16.5. The van der Waals surface area contributed by atoms with Crippen molar-refractivity contribution >= 4 is 22.6 Å². The van der Waals surface area contributed by atoms with Gasteiger partial charge in [-0.15, -0.1) is 0 Å². The molecule has 0 spiro atoms. The number of nitrogens with zero attached hydrogens (tertiary/aromatic N) is 2. The van der Waals surface area contributed by atoms with E-state index in [9.17, 15) is 4.79 Å². The molecule has 130 valence electrons. The van der Waals surface area contributed by atoms with Gasteiger partial charge in [-0.1, -0.05) is 0 Å². The number of anilines is 1. The lowest BCUT2D eigenvalue weighted by Gasteiger charge is -2.20. The number of nitrogens with one attached hydrogen (secondary N) is 1. The van der Waals surface area contributed by atoms with Crippen molar-refractivity contribution in [1.82, 2.24) is 9.97 Å². The monoisotopic (exact) mass is 341 g/mol. The minimum absolute atomic E-state index is 0.202. The average molecular weight is 341 g/mol. The lowest BCUT2D eigenvalue weighted by Crippen LogP contribution is -2.26. The number of hydrogen-bond acceptors (Lipinski definition) is 5. The molecule has 3 aromatic rings. The predicted octanol–water partition coefficient (Wildman–Crippen LogP) is 2.87. The van der Waals surface area contributed by atoms with Gasteiger partial charge in [0.05, 0.1) is 38.1 Å². The van der Waals surface area contributed by atoms with Crippen LogP contribution in [0.5, 0.6) is 17.2 Å². The largest absolute Gasteiger partial charge is 0.493 e. The Balaban J connectivity index is 1.99. The number of aromatic nitrogens is 2. The van der Waals surface area contributed by atoms with Crippen molar-refractivity contribution in [2.75, 3.05) is 33.3 Å². The Morgan fingerprint density at radius 2 is 1.76 bits per heavy atom. The molecule has 1 N–H and O–H groups in total. The van der Waals surface area contributed by atoms with Crippen LogP contribution in [0.25, 0.3) is 11.0 Å². The number of H-pyrrole nitrogens is 1. The van der Waals surface area contributed by atoms with Gasteiger partial charge in [-0.3, -0.25) is 9.78 Å². The molecule has 0 unspecified atom stereocenters. The Bertz CT molecular complexity index is 862. The van der Waals surface area contributed by atoms with Crippen molar-refractivity contribution in [3.63, 3.8) is 0 Å². The molecule has 0 aliphatic heterocycles. The Morgan fingerprint density at radius 1 is 1.08 bits per heavy atom. The number of fused-ring (bicyclic) bond motifs is 1. The van der Waals surface area contributed by atoms with Crippen LogP contribution in [-0.2, 0) is 0 Å². The fourth-order valence-electron chi connectivity index (χ4n) is 2.63. The van der Waals surface area contributed by atoms with Gasteiger partial charge in [0.1, 0.15) is 5.69 Å². The zero-order valence-electron chi connectivity index (χ0n) is 14.5. The van der Waals surface area contributed by atoms with E-state index in [1.54, 1.807) is 31.4 Å². The first-order chi connectivity index (χ1) is 12.1. The fourth-order valence-corrected chi connectivity index (χ4v) is 2.63. The average Bonchev–Trinajstić information content (AvgIpc) is 3.09. The molecule has 0 fully saturated rings. The third-order valence-corrected chi connectivity index (χ3v) is 3.96. The Morgan fingerprint density at radius 3 is 2.32 bits per heavy atom. The first kappa shape index (κ1) is 16.6. The summed E-state index contributed by atoms with van der Waals surface area (Å²) in [5, 5.41) is 0. The van der Waals surface area contributed by atoms with E-state index in [1.165, 1.54) is 26.2 Å². The van der Waals surface area contributed by atoms with Gasteiger partial charge < -0.3 is 24.1 Å². The second-order valence-electron chi connectivity index (χ2n) is 5.37. The molecule has 2 aromatic heterocycles. The first-order valence-corrected chi connectivity index (χ1v) is 7.60. The highest BCUT2D eigenvalue weighted by molar-refractivity contribution is 6.07. The molecule has 0 aliphatic rings. The number of amides is 1. The van der Waals surface area contributed by atoms with Crippen LogP contribution in [0.15, 0.2) is 36.5 Å². The van der Waals surface area contributed by atoms with Crippen molar-refractivity contribution < 1.29 is 19.0 Å². The summed E-state index contributed by atoms with van der Waals surface area (Å²) in [6.45, 7) is 0. The molecule has 0 atom stereocenters. The summed E-state index contributed by atoms with van der Waals surface area (Å²) in [6.07, 6.45) is 1.69. The van der Waals surface area contributed by atoms with Crippen LogP contribution in [-0.4, -0.2) is 44.3 Å². The molecule has 0 saturated carbocycles. The van der Waals surface area contributed by atoms with Gasteiger partial charge in [0, 0.05) is 25.4 Å². The summed E-state index contributed by atoms with van der Waals surface area (Å²) in [5.41, 5.74) is 2.62. The Labute approximate surface area is 145 Å². The Hall–Kier alpha value is -3.22. The number of benzene rings is 1. The molecule has 0 aliphatic carbocycles. The number of carbonyl (C=O) groups is 1. The zero-order valence-corrected chi connectivity index (χ0v) is 14.5. The molecule has 1 aromatic carbocycles. The van der Waals surface area contributed by atoms with Gasteiger partial charge in [-0.2, -0.15) is 0 Å². The molecule has 3 rings (SSSR count). The van der Waals surface area contributed by atoms with E-state index in [4.69, 9.17) is 14.2 Å². The molecule has 2 heterocycles. The van der Waals surface area contributed by atoms with Gasteiger partial charge in [-0.25, -0.2) is 0 Å². The number of hydrogen-bond donors (Lipinski definition) is 1. The topological polar surface area (TPSA) is 76.7 Å². The molecule has 7 nitrogen and oxygen atoms in total. The third-order valence-electron chi connectivity index (χ3n) is 3.96. The van der Waals surface area contributed by atoms with E-state index >= 15 is 0 Å². The number of pyridine rings is 1. The first-order valence-electron chi connectivity index (χ1n) is 7.60. The highest BCUT2D eigenvalue weighted by Gasteiger charge is 2.20. The van der Waals surface area contributed by atoms with Crippen molar-refractivity contribution in [3.05, 3.63) is 42.2 Å². The van der Waals surface area contributed by atoms with Crippen LogP contribution >= 0.6 is 0 Å². The van der Waals surface area contributed by atoms with Gasteiger partial charge in [-0.05, 0) is 18.2 Å². The van der Waals surface area contributed by atoms with Crippen molar-refractivity contribution in [3.8, 4) is 17.2 Å². The molecular weight excluding hydrogens is 322 g/mol. The summed E-state index contributed by atoms with van der Waals surface area (Å²) in [7, 11) is 6.28. The van der Waals surface area contributed by atoms with Gasteiger partial charge in [0.2, 0.25) is 5.75 Å². The molecule has 7 heteroatoms. The lowest BCUT2D eigenvalue weighted by atomic mass is 10.2. The summed E-state index contributed by atoms with van der Waals surface area (Å²) in [4.78, 5) is 21.7. The van der Waals surface area contributed by atoms with E-state index in [0.29, 0.717) is 28.6 Å². The quantitative estimate of drug-likeness (QED) is 0.772. The summed E-state index contributed by atoms with van der Waals surface area (Å²) in [5.74, 6) is 1.24. The molecule has 0 radical (unpaired) electrons. The molecular formula is C18H19N3O4. The SMILES string of the molecule is COc1cc(N(C)C(=O)c2cc3ncccc3[nH]2)cc(OC)c1OC. The minimum Gasteiger partial charge on any atom is -0.493 e. The zero-order chi connectivity index (χ0) is 18.0. The fraction of sp³-hybridized carbons (Fsp3) is 0.222. The molecule has 1 amide bonds. The number of ether oxygens (including phenoxy) is 3. The maximum Gasteiger partial charge on any atom is 0.274 e. The standard InChI is InChI=1S/C18H19N3O4/c1-21(11-8-15(23-2)17(25-4)16(9-11)24-3)18(22)14-10-13-12(20-14)6-5-7-19-13/h5-10,20H,1-4H3. The molecule has 0 saturated heterocycles. The van der Waals surface area contributed by atoms with Gasteiger partial charge >= 0.3 is 0 Å². The molecule has 0 bridgehead atoms. The van der Waals surface area contributed by atoms with Crippen LogP contribution in [0.1, 0.15) is 10.5 Å². The van der Waals surface area contributed by atoms with Gasteiger partial charge in [0.15, 0.2) is 11.5 Å². The van der Waals surface area contributed by atoms with E-state index in [2.05, 4.69) is 9.97 Å². The number of aromatic amines is 1. The van der Waals surface area contributed by atoms with Crippen molar-refractivity contribution in [1.29, 1.82) is 0 Å². The van der Waals surface area contributed by atoms with Crippen LogP contribution in [0.2, 0.25) is 0 Å². The second-order valence-corrected chi connectivity index (χ2v) is 5.37. The second kappa shape index (κ2) is 6.72. The normalized spacial score (nSPS) is 10.6. The van der Waals surface area contributed by atoms with Crippen LogP contribution in [0.4, 0.5) is 5.69 Å². The van der Waals surface area contributed by atoms with Crippen molar-refractivity contribution in [2.45, 2.75) is 0 Å². The maximum atomic E-state index is 12.8. The minimum atomic E-state index is -0.202. The summed E-state index contributed by atoms with van der Waals surface area (Å²) < 4.78 is 16.0. The molecule has 25 heavy (non-hydrogen) atoms. The summed E-state index contributed by atoms with van der Waals surface area (Å²) >= 11 is 0. The van der Waals surface area contributed by atoms with Crippen LogP contribution in [0.3, 0.4) is 0 Å². The van der Waals surface area contributed by atoms with Crippen LogP contribution in [0, 0.1) is 0 Å². The van der Waals surface area contributed by atoms with Crippen molar-refractivity contribution in [2.24, 2.45) is 0 Å². The van der Waals surface area contributed by atoms with E-state index in [-0.39, 0.29) is 5.91 Å². The summed E-state index contributed by atoms with van der Waals surface area (Å²) in [6, 6.07) is 8.86.